The highest BCUT2D eigenvalue weighted by Gasteiger charge is 2.04. The van der Waals surface area contributed by atoms with Gasteiger partial charge in [-0.25, -0.2) is 0 Å². The molecule has 0 saturated carbocycles. The van der Waals surface area contributed by atoms with Crippen LogP contribution < -0.4 is 10.1 Å². The van der Waals surface area contributed by atoms with Gasteiger partial charge in [0.2, 0.25) is 0 Å². The van der Waals surface area contributed by atoms with Gasteiger partial charge in [-0.15, -0.1) is 0 Å². The first kappa shape index (κ1) is 16.5. The molecule has 1 rings (SSSR count). The van der Waals surface area contributed by atoms with Gasteiger partial charge in [0.25, 0.3) is 5.91 Å². The Morgan fingerprint density at radius 3 is 2.70 bits per heavy atom. The number of unbranched alkanes of at least 4 members (excludes halogenated alkanes) is 3. The molecule has 0 aliphatic heterocycles. The lowest BCUT2D eigenvalue weighted by molar-refractivity contribution is -0.123. The largest absolute Gasteiger partial charge is 0.483 e. The minimum Gasteiger partial charge on any atom is -0.483 e. The van der Waals surface area contributed by atoms with Gasteiger partial charge in [-0.05, 0) is 30.9 Å². The van der Waals surface area contributed by atoms with Crippen LogP contribution in [0.4, 0.5) is 0 Å². The van der Waals surface area contributed by atoms with Crippen LogP contribution in [-0.2, 0) is 11.2 Å². The Kier molecular flexibility index (Phi) is 8.47. The normalized spacial score (nSPS) is 10.3. The van der Waals surface area contributed by atoms with Gasteiger partial charge in [-0.2, -0.15) is 0 Å². The molecular weight excluding hydrogens is 254 g/mol. The highest BCUT2D eigenvalue weighted by atomic mass is 16.5. The van der Waals surface area contributed by atoms with Crippen molar-refractivity contribution in [2.75, 3.05) is 19.8 Å². The summed E-state index contributed by atoms with van der Waals surface area (Å²) in [7, 11) is 0. The van der Waals surface area contributed by atoms with Crippen LogP contribution in [-0.4, -0.2) is 30.8 Å². The molecule has 20 heavy (non-hydrogen) atoms. The number of hydrogen-bond acceptors (Lipinski definition) is 3. The first-order chi connectivity index (χ1) is 9.77. The summed E-state index contributed by atoms with van der Waals surface area (Å²) < 4.78 is 5.54. The fourth-order valence-corrected chi connectivity index (χ4v) is 1.95. The van der Waals surface area contributed by atoms with Gasteiger partial charge in [0.05, 0.1) is 0 Å². The van der Waals surface area contributed by atoms with E-state index >= 15 is 0 Å². The number of carbonyl (C=O) groups excluding carboxylic acids is 1. The molecule has 0 fully saturated rings. The van der Waals surface area contributed by atoms with Crippen LogP contribution in [0.1, 0.15) is 38.2 Å². The minimum absolute atomic E-state index is 0.0631. The standard InChI is InChI=1S/C16H25NO3/c1-2-14-9-5-6-10-15(14)20-13-16(19)17-11-7-3-4-8-12-18/h5-6,9-10,18H,2-4,7-8,11-13H2,1H3,(H,17,19). The van der Waals surface area contributed by atoms with E-state index in [9.17, 15) is 4.79 Å². The van der Waals surface area contributed by atoms with Crippen LogP contribution in [0.25, 0.3) is 0 Å². The van der Waals surface area contributed by atoms with E-state index in [1.807, 2.05) is 24.3 Å². The topological polar surface area (TPSA) is 58.6 Å². The third-order valence-corrected chi connectivity index (χ3v) is 3.12. The van der Waals surface area contributed by atoms with E-state index in [1.165, 1.54) is 0 Å². The van der Waals surface area contributed by atoms with E-state index in [0.717, 1.165) is 43.4 Å². The second-order valence-electron chi connectivity index (χ2n) is 4.74. The van der Waals surface area contributed by atoms with Crippen molar-refractivity contribution in [2.24, 2.45) is 0 Å². The zero-order valence-corrected chi connectivity index (χ0v) is 12.2. The van der Waals surface area contributed by atoms with Crippen molar-refractivity contribution >= 4 is 5.91 Å². The lowest BCUT2D eigenvalue weighted by Gasteiger charge is -2.10. The molecular formula is C16H25NO3. The second kappa shape index (κ2) is 10.3. The van der Waals surface area contributed by atoms with Crippen molar-refractivity contribution in [2.45, 2.75) is 39.0 Å². The molecule has 0 aliphatic carbocycles. The van der Waals surface area contributed by atoms with E-state index in [4.69, 9.17) is 9.84 Å². The van der Waals surface area contributed by atoms with Crippen molar-refractivity contribution in [3.05, 3.63) is 29.8 Å². The number of para-hydroxylation sites is 1. The van der Waals surface area contributed by atoms with Crippen LogP contribution >= 0.6 is 0 Å². The number of aryl methyl sites for hydroxylation is 1. The minimum atomic E-state index is -0.0851. The van der Waals surface area contributed by atoms with Crippen LogP contribution in [0.2, 0.25) is 0 Å². The van der Waals surface area contributed by atoms with Gasteiger partial charge in [0, 0.05) is 13.2 Å². The monoisotopic (exact) mass is 279 g/mol. The smallest absolute Gasteiger partial charge is 0.257 e. The van der Waals surface area contributed by atoms with Gasteiger partial charge in [-0.3, -0.25) is 4.79 Å². The number of aliphatic hydroxyl groups is 1. The molecule has 0 aromatic heterocycles. The Labute approximate surface area is 121 Å². The molecule has 2 N–H and O–H groups in total. The molecule has 0 aliphatic rings. The highest BCUT2D eigenvalue weighted by Crippen LogP contribution is 2.17. The Bertz CT molecular complexity index is 393. The number of hydrogen-bond donors (Lipinski definition) is 2. The van der Waals surface area contributed by atoms with E-state index in [0.29, 0.717) is 6.54 Å². The molecule has 0 atom stereocenters. The number of benzene rings is 1. The molecule has 0 saturated heterocycles. The van der Waals surface area contributed by atoms with Gasteiger partial charge in [0.15, 0.2) is 6.61 Å². The first-order valence-electron chi connectivity index (χ1n) is 7.36. The Morgan fingerprint density at radius 2 is 1.95 bits per heavy atom. The van der Waals surface area contributed by atoms with Crippen molar-refractivity contribution < 1.29 is 14.6 Å². The van der Waals surface area contributed by atoms with Crippen molar-refractivity contribution in [3.8, 4) is 5.75 Å². The summed E-state index contributed by atoms with van der Waals surface area (Å²) in [5.74, 6) is 0.700. The Hall–Kier alpha value is -1.55. The van der Waals surface area contributed by atoms with Gasteiger partial charge >= 0.3 is 0 Å². The second-order valence-corrected chi connectivity index (χ2v) is 4.74. The predicted molar refractivity (Wildman–Crippen MR) is 79.9 cm³/mol. The van der Waals surface area contributed by atoms with Crippen molar-refractivity contribution in [1.82, 2.24) is 5.32 Å². The van der Waals surface area contributed by atoms with Crippen LogP contribution in [0.15, 0.2) is 24.3 Å². The molecule has 1 aromatic rings. The molecule has 4 nitrogen and oxygen atoms in total. The number of amides is 1. The highest BCUT2D eigenvalue weighted by molar-refractivity contribution is 5.77. The zero-order valence-electron chi connectivity index (χ0n) is 12.2. The fourth-order valence-electron chi connectivity index (χ4n) is 1.95. The summed E-state index contributed by atoms with van der Waals surface area (Å²) in [5, 5.41) is 11.5. The molecule has 0 radical (unpaired) electrons. The summed E-state index contributed by atoms with van der Waals surface area (Å²) in [4.78, 5) is 11.6. The summed E-state index contributed by atoms with van der Waals surface area (Å²) >= 11 is 0. The molecule has 0 heterocycles. The average molecular weight is 279 g/mol. The van der Waals surface area contributed by atoms with Gasteiger partial charge < -0.3 is 15.2 Å². The maximum absolute atomic E-state index is 11.6. The van der Waals surface area contributed by atoms with E-state index in [1.54, 1.807) is 0 Å². The molecule has 112 valence electrons. The number of ether oxygens (including phenoxy) is 1. The molecule has 4 heteroatoms. The molecule has 0 spiro atoms. The lowest BCUT2D eigenvalue weighted by Crippen LogP contribution is -2.29. The van der Waals surface area contributed by atoms with Crippen molar-refractivity contribution in [3.63, 3.8) is 0 Å². The Balaban J connectivity index is 2.16. The molecule has 1 amide bonds. The molecule has 0 unspecified atom stereocenters. The van der Waals surface area contributed by atoms with Crippen LogP contribution in [0.5, 0.6) is 5.75 Å². The molecule has 0 bridgehead atoms. The number of aliphatic hydroxyl groups excluding tert-OH is 1. The predicted octanol–water partition coefficient (Wildman–Crippen LogP) is 2.30. The van der Waals surface area contributed by atoms with E-state index in [2.05, 4.69) is 12.2 Å². The third-order valence-electron chi connectivity index (χ3n) is 3.12. The number of rotatable bonds is 10. The first-order valence-corrected chi connectivity index (χ1v) is 7.36. The van der Waals surface area contributed by atoms with Crippen LogP contribution in [0.3, 0.4) is 0 Å². The summed E-state index contributed by atoms with van der Waals surface area (Å²) in [6.07, 6.45) is 4.71. The number of nitrogens with one attached hydrogen (secondary N) is 1. The van der Waals surface area contributed by atoms with Crippen LogP contribution in [0, 0.1) is 0 Å². The van der Waals surface area contributed by atoms with Crippen molar-refractivity contribution in [1.29, 1.82) is 0 Å². The quantitative estimate of drug-likeness (QED) is 0.646. The average Bonchev–Trinajstić information content (AvgIpc) is 2.49. The zero-order chi connectivity index (χ0) is 14.6. The van der Waals surface area contributed by atoms with E-state index < -0.39 is 0 Å². The Morgan fingerprint density at radius 1 is 1.20 bits per heavy atom. The number of carbonyl (C=O) groups is 1. The maximum Gasteiger partial charge on any atom is 0.257 e. The summed E-state index contributed by atoms with van der Waals surface area (Å²) in [6, 6.07) is 7.78. The lowest BCUT2D eigenvalue weighted by atomic mass is 10.1. The maximum atomic E-state index is 11.6. The van der Waals surface area contributed by atoms with Gasteiger partial charge in [-0.1, -0.05) is 38.0 Å². The van der Waals surface area contributed by atoms with E-state index in [-0.39, 0.29) is 19.1 Å². The summed E-state index contributed by atoms with van der Waals surface area (Å²) in [5.41, 5.74) is 1.12. The SMILES string of the molecule is CCc1ccccc1OCC(=O)NCCCCCCO. The third kappa shape index (κ3) is 6.57. The molecule has 1 aromatic carbocycles. The fraction of sp³-hybridized carbons (Fsp3) is 0.562. The van der Waals surface area contributed by atoms with Gasteiger partial charge in [0.1, 0.15) is 5.75 Å². The summed E-state index contributed by atoms with van der Waals surface area (Å²) in [6.45, 7) is 3.04.